The average molecular weight is 169 g/mol. The maximum atomic E-state index is 13.2. The predicted molar refractivity (Wildman–Crippen MR) is 45.8 cm³/mol. The van der Waals surface area contributed by atoms with Crippen LogP contribution in [0.25, 0.3) is 0 Å². The van der Waals surface area contributed by atoms with Gasteiger partial charge in [-0.05, 0) is 31.6 Å². The second-order valence-electron chi connectivity index (χ2n) is 4.80. The van der Waals surface area contributed by atoms with Gasteiger partial charge in [-0.3, -0.25) is 4.90 Å². The molecular formula is C10H16FN. The molecule has 0 amide bonds. The van der Waals surface area contributed by atoms with Gasteiger partial charge in [-0.2, -0.15) is 0 Å². The van der Waals surface area contributed by atoms with E-state index in [1.54, 1.807) is 0 Å². The molecule has 2 heterocycles. The van der Waals surface area contributed by atoms with Crippen LogP contribution in [0.1, 0.15) is 32.6 Å². The Morgan fingerprint density at radius 2 is 2.33 bits per heavy atom. The lowest BCUT2D eigenvalue weighted by Gasteiger charge is -2.33. The summed E-state index contributed by atoms with van der Waals surface area (Å²) in [7, 11) is 0. The lowest BCUT2D eigenvalue weighted by molar-refractivity contribution is 0.155. The minimum Gasteiger partial charge on any atom is -0.291 e. The molecule has 68 valence electrons. The number of alkyl halides is 1. The molecule has 3 rings (SSSR count). The highest BCUT2D eigenvalue weighted by atomic mass is 19.1. The maximum absolute atomic E-state index is 13.2. The Labute approximate surface area is 72.9 Å². The van der Waals surface area contributed by atoms with Gasteiger partial charge in [0.1, 0.15) is 6.17 Å². The summed E-state index contributed by atoms with van der Waals surface area (Å²) in [5, 5.41) is 0. The number of fused-ring (bicyclic) bond motifs is 3. The lowest BCUT2D eigenvalue weighted by Crippen LogP contribution is -2.40. The Morgan fingerprint density at radius 1 is 1.50 bits per heavy atom. The van der Waals surface area contributed by atoms with Crippen molar-refractivity contribution in [3.8, 4) is 0 Å². The van der Waals surface area contributed by atoms with Gasteiger partial charge in [0.15, 0.2) is 0 Å². The first-order valence-corrected chi connectivity index (χ1v) is 5.16. The summed E-state index contributed by atoms with van der Waals surface area (Å²) in [5.41, 5.74) is 0.299. The minimum absolute atomic E-state index is 0.299. The first-order chi connectivity index (χ1) is 5.75. The van der Waals surface area contributed by atoms with Gasteiger partial charge in [0.25, 0.3) is 0 Å². The van der Waals surface area contributed by atoms with Crippen LogP contribution in [0.3, 0.4) is 0 Å². The highest BCUT2D eigenvalue weighted by molar-refractivity contribution is 5.16. The Morgan fingerprint density at radius 3 is 3.00 bits per heavy atom. The third-order valence-corrected chi connectivity index (χ3v) is 4.19. The van der Waals surface area contributed by atoms with Crippen molar-refractivity contribution in [3.05, 3.63) is 0 Å². The van der Waals surface area contributed by atoms with E-state index in [1.807, 2.05) is 0 Å². The van der Waals surface area contributed by atoms with E-state index in [4.69, 9.17) is 0 Å². The lowest BCUT2D eigenvalue weighted by atomic mass is 9.89. The molecule has 2 heteroatoms. The molecule has 2 aliphatic heterocycles. The zero-order valence-corrected chi connectivity index (χ0v) is 7.59. The molecular weight excluding hydrogens is 153 g/mol. The van der Waals surface area contributed by atoms with Crippen molar-refractivity contribution in [2.45, 2.75) is 50.4 Å². The summed E-state index contributed by atoms with van der Waals surface area (Å²) in [6, 6.07) is 0.783. The van der Waals surface area contributed by atoms with Gasteiger partial charge < -0.3 is 0 Å². The van der Waals surface area contributed by atoms with Crippen LogP contribution >= 0.6 is 0 Å². The summed E-state index contributed by atoms with van der Waals surface area (Å²) in [5.74, 6) is 0.942. The SMILES string of the molecule is CCC12CC(F)CN1C1CC1C2. The van der Waals surface area contributed by atoms with E-state index in [0.29, 0.717) is 5.54 Å². The largest absolute Gasteiger partial charge is 0.291 e. The van der Waals surface area contributed by atoms with Crippen LogP contribution in [0.5, 0.6) is 0 Å². The van der Waals surface area contributed by atoms with E-state index in [9.17, 15) is 4.39 Å². The van der Waals surface area contributed by atoms with Crippen molar-refractivity contribution in [3.63, 3.8) is 0 Å². The topological polar surface area (TPSA) is 3.24 Å². The van der Waals surface area contributed by atoms with Crippen LogP contribution in [-0.4, -0.2) is 29.2 Å². The van der Waals surface area contributed by atoms with E-state index in [0.717, 1.165) is 31.3 Å². The standard InChI is InChI=1S/C10H16FN/c1-2-10-4-7-3-9(7)12(10)6-8(11)5-10/h7-9H,2-6H2,1H3. The molecule has 3 aliphatic rings. The first kappa shape index (κ1) is 7.31. The second-order valence-corrected chi connectivity index (χ2v) is 4.80. The zero-order chi connectivity index (χ0) is 8.34. The van der Waals surface area contributed by atoms with Gasteiger partial charge in [0, 0.05) is 18.1 Å². The monoisotopic (exact) mass is 169 g/mol. The molecule has 1 nitrogen and oxygen atoms in total. The van der Waals surface area contributed by atoms with Crippen LogP contribution in [0.4, 0.5) is 4.39 Å². The molecule has 3 fully saturated rings. The summed E-state index contributed by atoms with van der Waals surface area (Å²) < 4.78 is 13.2. The summed E-state index contributed by atoms with van der Waals surface area (Å²) >= 11 is 0. The normalized spacial score (nSPS) is 57.0. The molecule has 0 aromatic rings. The molecule has 0 spiro atoms. The van der Waals surface area contributed by atoms with Crippen molar-refractivity contribution in [1.29, 1.82) is 0 Å². The van der Waals surface area contributed by atoms with Crippen LogP contribution in [0.2, 0.25) is 0 Å². The van der Waals surface area contributed by atoms with E-state index in [2.05, 4.69) is 11.8 Å². The zero-order valence-electron chi connectivity index (χ0n) is 7.59. The van der Waals surface area contributed by atoms with Crippen molar-refractivity contribution in [1.82, 2.24) is 4.90 Å². The van der Waals surface area contributed by atoms with Gasteiger partial charge in [0.05, 0.1) is 0 Å². The molecule has 0 bridgehead atoms. The quantitative estimate of drug-likeness (QED) is 0.580. The molecule has 0 radical (unpaired) electrons. The fourth-order valence-electron chi connectivity index (χ4n) is 3.50. The van der Waals surface area contributed by atoms with Gasteiger partial charge in [-0.1, -0.05) is 6.92 Å². The van der Waals surface area contributed by atoms with Gasteiger partial charge in [-0.15, -0.1) is 0 Å². The Hall–Kier alpha value is -0.110. The predicted octanol–water partition coefficient (Wildman–Crippen LogP) is 1.97. The number of piperidine rings is 1. The number of rotatable bonds is 1. The average Bonchev–Trinajstić information content (AvgIpc) is 2.60. The molecule has 4 atom stereocenters. The van der Waals surface area contributed by atoms with Crippen molar-refractivity contribution < 1.29 is 4.39 Å². The van der Waals surface area contributed by atoms with E-state index >= 15 is 0 Å². The van der Waals surface area contributed by atoms with Crippen molar-refractivity contribution >= 4 is 0 Å². The molecule has 2 saturated heterocycles. The maximum Gasteiger partial charge on any atom is 0.115 e. The van der Waals surface area contributed by atoms with E-state index < -0.39 is 6.17 Å². The molecule has 12 heavy (non-hydrogen) atoms. The smallest absolute Gasteiger partial charge is 0.115 e. The first-order valence-electron chi connectivity index (χ1n) is 5.16. The Kier molecular flexibility index (Phi) is 1.24. The molecule has 0 aromatic carbocycles. The van der Waals surface area contributed by atoms with Gasteiger partial charge >= 0.3 is 0 Å². The van der Waals surface area contributed by atoms with Crippen molar-refractivity contribution in [2.24, 2.45) is 5.92 Å². The third kappa shape index (κ3) is 0.723. The second kappa shape index (κ2) is 2.03. The number of hydrogen-bond acceptors (Lipinski definition) is 1. The molecule has 4 unspecified atom stereocenters. The molecule has 1 aliphatic carbocycles. The highest BCUT2D eigenvalue weighted by Gasteiger charge is 2.62. The van der Waals surface area contributed by atoms with E-state index in [1.165, 1.54) is 12.8 Å². The van der Waals surface area contributed by atoms with Gasteiger partial charge in [-0.25, -0.2) is 4.39 Å². The summed E-state index contributed by atoms with van der Waals surface area (Å²) in [6.45, 7) is 2.95. The fraction of sp³-hybridized carbons (Fsp3) is 1.00. The van der Waals surface area contributed by atoms with Crippen molar-refractivity contribution in [2.75, 3.05) is 6.54 Å². The number of halogens is 1. The number of hydrogen-bond donors (Lipinski definition) is 0. The molecule has 1 saturated carbocycles. The summed E-state index contributed by atoms with van der Waals surface area (Å²) in [4.78, 5) is 2.47. The van der Waals surface area contributed by atoms with Gasteiger partial charge in [0.2, 0.25) is 0 Å². The van der Waals surface area contributed by atoms with E-state index in [-0.39, 0.29) is 0 Å². The highest BCUT2D eigenvalue weighted by Crippen LogP contribution is 2.58. The van der Waals surface area contributed by atoms with Crippen LogP contribution in [-0.2, 0) is 0 Å². The molecule has 0 aromatic heterocycles. The Balaban J connectivity index is 1.89. The fourth-order valence-corrected chi connectivity index (χ4v) is 3.50. The van der Waals surface area contributed by atoms with Crippen LogP contribution < -0.4 is 0 Å². The van der Waals surface area contributed by atoms with Crippen LogP contribution in [0.15, 0.2) is 0 Å². The third-order valence-electron chi connectivity index (χ3n) is 4.19. The van der Waals surface area contributed by atoms with Crippen LogP contribution in [0, 0.1) is 5.92 Å². The minimum atomic E-state index is -0.536. The summed E-state index contributed by atoms with van der Waals surface area (Å²) in [6.07, 6.45) is 4.08. The molecule has 0 N–H and O–H groups in total. The Bertz CT molecular complexity index is 214. The number of nitrogens with zero attached hydrogens (tertiary/aromatic N) is 1.